The maximum absolute atomic E-state index is 2.44. The molecule has 0 saturated carbocycles. The van der Waals surface area contributed by atoms with Crippen LogP contribution in [-0.4, -0.2) is 24.7 Å². The summed E-state index contributed by atoms with van der Waals surface area (Å²) in [5.74, 6) is 0. The lowest BCUT2D eigenvalue weighted by atomic mass is 10.1. The second-order valence-corrected chi connectivity index (χ2v) is 6.85. The van der Waals surface area contributed by atoms with Crippen LogP contribution in [0.3, 0.4) is 0 Å². The molecule has 1 aliphatic rings. The average molecular weight is 284 g/mol. The van der Waals surface area contributed by atoms with E-state index in [0.717, 1.165) is 0 Å². The average Bonchev–Trinajstić information content (AvgIpc) is 2.44. The highest BCUT2D eigenvalue weighted by Gasteiger charge is 2.35. The molecule has 3 heteroatoms. The summed E-state index contributed by atoms with van der Waals surface area (Å²) in [7, 11) is 4.26. The van der Waals surface area contributed by atoms with E-state index < -0.39 is 0 Å². The molecule has 0 fully saturated rings. The molecule has 0 N–H and O–H groups in total. The molecular formula is C17H20N2S. The molecule has 0 aromatic heterocycles. The molecule has 0 spiro atoms. The van der Waals surface area contributed by atoms with Gasteiger partial charge in [0.25, 0.3) is 0 Å². The van der Waals surface area contributed by atoms with Crippen molar-refractivity contribution < 1.29 is 0 Å². The summed E-state index contributed by atoms with van der Waals surface area (Å²) >= 11 is 1.85. The lowest BCUT2D eigenvalue weighted by molar-refractivity contribution is 0.200. The second-order valence-electron chi connectivity index (χ2n) is 5.76. The van der Waals surface area contributed by atoms with Crippen LogP contribution < -0.4 is 4.90 Å². The number of anilines is 2. The SMILES string of the molecule is CN(C)C(C)(C)N1c2ccccc2Sc2ccccc21. The third kappa shape index (κ3) is 2.02. The molecular weight excluding hydrogens is 264 g/mol. The molecule has 0 radical (unpaired) electrons. The van der Waals surface area contributed by atoms with E-state index in [1.54, 1.807) is 0 Å². The van der Waals surface area contributed by atoms with E-state index >= 15 is 0 Å². The van der Waals surface area contributed by atoms with E-state index in [9.17, 15) is 0 Å². The smallest absolute Gasteiger partial charge is 0.0920 e. The molecule has 2 aromatic carbocycles. The fourth-order valence-corrected chi connectivity index (χ4v) is 3.55. The minimum absolute atomic E-state index is 0.0901. The van der Waals surface area contributed by atoms with Crippen molar-refractivity contribution in [2.45, 2.75) is 29.3 Å². The van der Waals surface area contributed by atoms with Gasteiger partial charge >= 0.3 is 0 Å². The lowest BCUT2D eigenvalue weighted by Gasteiger charge is -2.47. The Morgan fingerprint density at radius 3 is 1.75 bits per heavy atom. The van der Waals surface area contributed by atoms with Gasteiger partial charge in [0.15, 0.2) is 0 Å². The van der Waals surface area contributed by atoms with Crippen molar-refractivity contribution in [3.8, 4) is 0 Å². The third-order valence-corrected chi connectivity index (χ3v) is 5.20. The first-order chi connectivity index (χ1) is 9.51. The fraction of sp³-hybridized carbons (Fsp3) is 0.294. The van der Waals surface area contributed by atoms with Gasteiger partial charge in [-0.2, -0.15) is 0 Å². The number of para-hydroxylation sites is 2. The van der Waals surface area contributed by atoms with Crippen LogP contribution in [0.5, 0.6) is 0 Å². The molecule has 2 aromatic rings. The summed E-state index contributed by atoms with van der Waals surface area (Å²) in [4.78, 5) is 7.34. The molecule has 20 heavy (non-hydrogen) atoms. The van der Waals surface area contributed by atoms with Gasteiger partial charge in [0, 0.05) is 9.79 Å². The van der Waals surface area contributed by atoms with Crippen LogP contribution in [0.15, 0.2) is 58.3 Å². The minimum atomic E-state index is -0.0901. The van der Waals surface area contributed by atoms with Crippen molar-refractivity contribution in [3.63, 3.8) is 0 Å². The summed E-state index contributed by atoms with van der Waals surface area (Å²) < 4.78 is 0. The number of hydrogen-bond donors (Lipinski definition) is 0. The molecule has 3 rings (SSSR count). The summed E-state index contributed by atoms with van der Waals surface area (Å²) in [6.45, 7) is 4.52. The van der Waals surface area contributed by atoms with Gasteiger partial charge in [0.1, 0.15) is 0 Å². The standard InChI is InChI=1S/C17H20N2S/c1-17(2,18(3)4)19-13-9-5-7-11-15(13)20-16-12-8-6-10-14(16)19/h5-12H,1-4H3. The molecule has 0 amide bonds. The number of nitrogens with zero attached hydrogens (tertiary/aromatic N) is 2. The van der Waals surface area contributed by atoms with Gasteiger partial charge in [-0.25, -0.2) is 0 Å². The van der Waals surface area contributed by atoms with Crippen LogP contribution in [0.1, 0.15) is 13.8 Å². The van der Waals surface area contributed by atoms with Crippen LogP contribution in [-0.2, 0) is 0 Å². The van der Waals surface area contributed by atoms with Gasteiger partial charge in [-0.05, 0) is 52.2 Å². The molecule has 2 nitrogen and oxygen atoms in total. The van der Waals surface area contributed by atoms with Gasteiger partial charge in [0.2, 0.25) is 0 Å². The van der Waals surface area contributed by atoms with Gasteiger partial charge in [-0.15, -0.1) is 0 Å². The van der Waals surface area contributed by atoms with Crippen molar-refractivity contribution in [2.75, 3.05) is 19.0 Å². The Morgan fingerprint density at radius 2 is 1.30 bits per heavy atom. The predicted molar refractivity (Wildman–Crippen MR) is 86.9 cm³/mol. The van der Waals surface area contributed by atoms with Crippen molar-refractivity contribution in [1.29, 1.82) is 0 Å². The number of fused-ring (bicyclic) bond motifs is 2. The van der Waals surface area contributed by atoms with E-state index in [2.05, 4.69) is 86.3 Å². The number of benzene rings is 2. The monoisotopic (exact) mass is 284 g/mol. The molecule has 0 atom stereocenters. The first-order valence-electron chi connectivity index (χ1n) is 6.85. The third-order valence-electron chi connectivity index (χ3n) is 4.07. The molecule has 0 aliphatic carbocycles. The van der Waals surface area contributed by atoms with Crippen molar-refractivity contribution in [3.05, 3.63) is 48.5 Å². The molecule has 0 unspecified atom stereocenters. The molecule has 1 aliphatic heterocycles. The first kappa shape index (κ1) is 13.5. The van der Waals surface area contributed by atoms with Crippen LogP contribution in [0.25, 0.3) is 0 Å². The molecule has 0 saturated heterocycles. The van der Waals surface area contributed by atoms with Crippen LogP contribution in [0.2, 0.25) is 0 Å². The largest absolute Gasteiger partial charge is 0.321 e. The first-order valence-corrected chi connectivity index (χ1v) is 7.67. The maximum atomic E-state index is 2.44. The van der Waals surface area contributed by atoms with E-state index in [0.29, 0.717) is 0 Å². The lowest BCUT2D eigenvalue weighted by Crippen LogP contribution is -2.52. The second kappa shape index (κ2) is 4.83. The van der Waals surface area contributed by atoms with Gasteiger partial charge in [0.05, 0.1) is 17.0 Å². The quantitative estimate of drug-likeness (QED) is 0.796. The Labute approximate surface area is 125 Å². The van der Waals surface area contributed by atoms with E-state index in [-0.39, 0.29) is 5.66 Å². The Kier molecular flexibility index (Phi) is 3.27. The van der Waals surface area contributed by atoms with E-state index in [1.807, 2.05) is 11.8 Å². The summed E-state index contributed by atoms with van der Waals surface area (Å²) in [6, 6.07) is 17.3. The Hall–Kier alpha value is -1.45. The van der Waals surface area contributed by atoms with Gasteiger partial charge < -0.3 is 4.90 Å². The summed E-state index contributed by atoms with van der Waals surface area (Å²) in [6.07, 6.45) is 0. The Morgan fingerprint density at radius 1 is 0.850 bits per heavy atom. The minimum Gasteiger partial charge on any atom is -0.321 e. The normalized spacial score (nSPS) is 14.2. The van der Waals surface area contributed by atoms with E-state index in [4.69, 9.17) is 0 Å². The van der Waals surface area contributed by atoms with Crippen molar-refractivity contribution >= 4 is 23.1 Å². The number of hydrogen-bond acceptors (Lipinski definition) is 3. The zero-order valence-electron chi connectivity index (χ0n) is 12.4. The van der Waals surface area contributed by atoms with Crippen LogP contribution in [0.4, 0.5) is 11.4 Å². The predicted octanol–water partition coefficient (Wildman–Crippen LogP) is 4.59. The molecule has 104 valence electrons. The zero-order chi connectivity index (χ0) is 14.3. The van der Waals surface area contributed by atoms with Crippen molar-refractivity contribution in [2.24, 2.45) is 0 Å². The zero-order valence-corrected chi connectivity index (χ0v) is 13.2. The highest BCUT2D eigenvalue weighted by molar-refractivity contribution is 7.99. The van der Waals surface area contributed by atoms with Gasteiger partial charge in [-0.3, -0.25) is 4.90 Å². The summed E-state index contributed by atoms with van der Waals surface area (Å²) in [5.41, 5.74) is 2.48. The summed E-state index contributed by atoms with van der Waals surface area (Å²) in [5, 5.41) is 0. The molecule has 0 bridgehead atoms. The number of rotatable bonds is 2. The highest BCUT2D eigenvalue weighted by atomic mass is 32.2. The topological polar surface area (TPSA) is 6.48 Å². The van der Waals surface area contributed by atoms with Crippen LogP contribution >= 0.6 is 11.8 Å². The molecule has 1 heterocycles. The Bertz CT molecular complexity index is 589. The van der Waals surface area contributed by atoms with Gasteiger partial charge in [-0.1, -0.05) is 36.0 Å². The van der Waals surface area contributed by atoms with E-state index in [1.165, 1.54) is 21.2 Å². The maximum Gasteiger partial charge on any atom is 0.0920 e. The van der Waals surface area contributed by atoms with Crippen LogP contribution in [0, 0.1) is 0 Å². The Balaban J connectivity index is 2.23. The highest BCUT2D eigenvalue weighted by Crippen LogP contribution is 2.50. The van der Waals surface area contributed by atoms with Crippen molar-refractivity contribution in [1.82, 2.24) is 4.90 Å². The fourth-order valence-electron chi connectivity index (χ4n) is 2.49.